The number of ketones is 1. The Morgan fingerprint density at radius 3 is 3.00 bits per heavy atom. The Kier molecular flexibility index (Phi) is 1.69. The number of carbonyl (C=O) groups is 1. The van der Waals surface area contributed by atoms with Crippen LogP contribution in [0.3, 0.4) is 0 Å². The van der Waals surface area contributed by atoms with Gasteiger partial charge in [0.05, 0.1) is 12.1 Å². The van der Waals surface area contributed by atoms with E-state index in [0.29, 0.717) is 0 Å². The minimum absolute atomic E-state index is 0.179. The molecule has 0 aliphatic carbocycles. The summed E-state index contributed by atoms with van der Waals surface area (Å²) in [6.45, 7) is 1.87. The van der Waals surface area contributed by atoms with Crippen molar-refractivity contribution in [2.75, 3.05) is 13.1 Å². The van der Waals surface area contributed by atoms with E-state index in [1.165, 1.54) is 12.8 Å². The van der Waals surface area contributed by atoms with Crippen LogP contribution in [0.1, 0.15) is 19.3 Å². The van der Waals surface area contributed by atoms with Gasteiger partial charge in [-0.3, -0.25) is 9.69 Å². The van der Waals surface area contributed by atoms with E-state index in [1.807, 2.05) is 0 Å². The van der Waals surface area contributed by atoms with Gasteiger partial charge in [-0.15, -0.1) is 0 Å². The summed E-state index contributed by atoms with van der Waals surface area (Å²) < 4.78 is 0. The number of carbonyl (C=O) groups excluding carboxylic acids is 1. The van der Waals surface area contributed by atoms with Crippen molar-refractivity contribution in [3.63, 3.8) is 0 Å². The first-order chi connectivity index (χ1) is 5.29. The van der Waals surface area contributed by atoms with E-state index in [0.717, 1.165) is 19.5 Å². The molecule has 2 N–H and O–H groups in total. The van der Waals surface area contributed by atoms with Crippen LogP contribution in [0.5, 0.6) is 0 Å². The predicted molar refractivity (Wildman–Crippen MR) is 42.2 cm³/mol. The molecule has 2 heterocycles. The van der Waals surface area contributed by atoms with Gasteiger partial charge in [-0.2, -0.15) is 0 Å². The second-order valence-electron chi connectivity index (χ2n) is 3.52. The van der Waals surface area contributed by atoms with Crippen LogP contribution >= 0.6 is 0 Å². The number of piperidine rings is 1. The van der Waals surface area contributed by atoms with E-state index in [1.54, 1.807) is 0 Å². The molecule has 3 heteroatoms. The van der Waals surface area contributed by atoms with Gasteiger partial charge in [-0.1, -0.05) is 6.42 Å². The first-order valence-electron chi connectivity index (χ1n) is 4.32. The largest absolute Gasteiger partial charge is 0.320 e. The minimum atomic E-state index is -0.196. The number of fused-ring (bicyclic) bond motifs is 1. The Morgan fingerprint density at radius 1 is 1.45 bits per heavy atom. The van der Waals surface area contributed by atoms with E-state index in [-0.39, 0.29) is 17.9 Å². The molecule has 11 heavy (non-hydrogen) atoms. The van der Waals surface area contributed by atoms with Gasteiger partial charge >= 0.3 is 0 Å². The van der Waals surface area contributed by atoms with Gasteiger partial charge in [-0.25, -0.2) is 0 Å². The minimum Gasteiger partial charge on any atom is -0.320 e. The van der Waals surface area contributed by atoms with Crippen molar-refractivity contribution < 1.29 is 4.79 Å². The van der Waals surface area contributed by atoms with Crippen molar-refractivity contribution in [3.8, 4) is 0 Å². The highest BCUT2D eigenvalue weighted by atomic mass is 16.1. The van der Waals surface area contributed by atoms with Crippen molar-refractivity contribution in [1.29, 1.82) is 0 Å². The third-order valence-electron chi connectivity index (χ3n) is 2.74. The number of rotatable bonds is 0. The zero-order valence-electron chi connectivity index (χ0n) is 6.62. The zero-order valence-corrected chi connectivity index (χ0v) is 6.62. The molecule has 2 fully saturated rings. The zero-order chi connectivity index (χ0) is 7.84. The van der Waals surface area contributed by atoms with Crippen molar-refractivity contribution in [1.82, 2.24) is 4.90 Å². The summed E-state index contributed by atoms with van der Waals surface area (Å²) in [5.41, 5.74) is 5.65. The summed E-state index contributed by atoms with van der Waals surface area (Å²) in [6, 6.07) is -0.0168. The predicted octanol–water partition coefficient (Wildman–Crippen LogP) is -0.249. The second kappa shape index (κ2) is 2.57. The number of Topliss-reactive ketones (excluding diaryl/α,β-unsaturated/α-hetero) is 1. The third kappa shape index (κ3) is 1.08. The number of hydrogen-bond donors (Lipinski definition) is 1. The summed E-state index contributed by atoms with van der Waals surface area (Å²) in [7, 11) is 0. The van der Waals surface area contributed by atoms with Gasteiger partial charge in [0.25, 0.3) is 0 Å². The van der Waals surface area contributed by atoms with E-state index in [2.05, 4.69) is 4.90 Å². The molecule has 3 nitrogen and oxygen atoms in total. The monoisotopic (exact) mass is 154 g/mol. The fourth-order valence-electron chi connectivity index (χ4n) is 2.12. The molecule has 0 amide bonds. The van der Waals surface area contributed by atoms with Gasteiger partial charge in [0.1, 0.15) is 0 Å². The van der Waals surface area contributed by atoms with Gasteiger partial charge in [0.15, 0.2) is 5.78 Å². The standard InChI is InChI=1S/C8H14N2O/c9-6-5-10-4-2-1-3-7(10)8(6)11/h6-7H,1-5,9H2. The number of nitrogens with zero attached hydrogens (tertiary/aromatic N) is 1. The van der Waals surface area contributed by atoms with Crippen LogP contribution < -0.4 is 5.73 Å². The SMILES string of the molecule is NC1CN2CCCCC2C1=O. The third-order valence-corrected chi connectivity index (χ3v) is 2.74. The lowest BCUT2D eigenvalue weighted by molar-refractivity contribution is -0.121. The van der Waals surface area contributed by atoms with Crippen molar-refractivity contribution in [3.05, 3.63) is 0 Å². The molecule has 0 radical (unpaired) electrons. The van der Waals surface area contributed by atoms with Gasteiger partial charge < -0.3 is 5.73 Å². The van der Waals surface area contributed by atoms with Crippen LogP contribution in [0, 0.1) is 0 Å². The fraction of sp³-hybridized carbons (Fsp3) is 0.875. The van der Waals surface area contributed by atoms with Crippen molar-refractivity contribution >= 4 is 5.78 Å². The normalized spacial score (nSPS) is 39.2. The fourth-order valence-corrected chi connectivity index (χ4v) is 2.12. The molecule has 2 saturated heterocycles. The molecule has 0 aromatic heterocycles. The molecule has 0 aromatic rings. The maximum absolute atomic E-state index is 11.4. The smallest absolute Gasteiger partial charge is 0.167 e. The summed E-state index contributed by atoms with van der Waals surface area (Å²) in [5.74, 6) is 0.268. The highest BCUT2D eigenvalue weighted by Crippen LogP contribution is 2.23. The molecule has 62 valence electrons. The van der Waals surface area contributed by atoms with Gasteiger partial charge in [0, 0.05) is 6.54 Å². The second-order valence-corrected chi connectivity index (χ2v) is 3.52. The molecular formula is C8H14N2O. The maximum Gasteiger partial charge on any atom is 0.167 e. The van der Waals surface area contributed by atoms with Crippen molar-refractivity contribution in [2.24, 2.45) is 5.73 Å². The Labute approximate surface area is 66.5 Å². The number of nitrogens with two attached hydrogens (primary N) is 1. The lowest BCUT2D eigenvalue weighted by atomic mass is 10.0. The van der Waals surface area contributed by atoms with E-state index in [4.69, 9.17) is 5.73 Å². The Morgan fingerprint density at radius 2 is 2.27 bits per heavy atom. The molecule has 2 aliphatic heterocycles. The molecule has 2 atom stereocenters. The molecule has 0 saturated carbocycles. The first-order valence-corrected chi connectivity index (χ1v) is 4.32. The average Bonchev–Trinajstić information content (AvgIpc) is 2.30. The highest BCUT2D eigenvalue weighted by Gasteiger charge is 2.38. The molecule has 0 aromatic carbocycles. The van der Waals surface area contributed by atoms with E-state index in [9.17, 15) is 4.79 Å². The quantitative estimate of drug-likeness (QED) is 0.523. The Balaban J connectivity index is 2.11. The molecule has 0 bridgehead atoms. The topological polar surface area (TPSA) is 46.3 Å². The van der Waals surface area contributed by atoms with Crippen LogP contribution in [-0.2, 0) is 4.79 Å². The highest BCUT2D eigenvalue weighted by molar-refractivity contribution is 5.91. The Bertz CT molecular complexity index is 181. The molecular weight excluding hydrogens is 140 g/mol. The Hall–Kier alpha value is -0.410. The van der Waals surface area contributed by atoms with Gasteiger partial charge in [-0.05, 0) is 19.4 Å². The number of hydrogen-bond acceptors (Lipinski definition) is 3. The van der Waals surface area contributed by atoms with Crippen molar-refractivity contribution in [2.45, 2.75) is 31.3 Å². The summed E-state index contributed by atoms with van der Waals surface area (Å²) in [6.07, 6.45) is 3.46. The van der Waals surface area contributed by atoms with Crippen LogP contribution in [0.25, 0.3) is 0 Å². The summed E-state index contributed by atoms with van der Waals surface area (Å²) in [4.78, 5) is 13.6. The summed E-state index contributed by atoms with van der Waals surface area (Å²) in [5, 5.41) is 0. The van der Waals surface area contributed by atoms with Crippen LogP contribution in [-0.4, -0.2) is 35.9 Å². The van der Waals surface area contributed by atoms with Crippen LogP contribution in [0.4, 0.5) is 0 Å². The van der Waals surface area contributed by atoms with E-state index >= 15 is 0 Å². The van der Waals surface area contributed by atoms with Crippen LogP contribution in [0.2, 0.25) is 0 Å². The average molecular weight is 154 g/mol. The molecule has 2 aliphatic rings. The molecule has 2 unspecified atom stereocenters. The maximum atomic E-state index is 11.4. The summed E-state index contributed by atoms with van der Waals surface area (Å²) >= 11 is 0. The molecule has 0 spiro atoms. The molecule has 2 rings (SSSR count). The van der Waals surface area contributed by atoms with Gasteiger partial charge in [0.2, 0.25) is 0 Å². The van der Waals surface area contributed by atoms with E-state index < -0.39 is 0 Å². The van der Waals surface area contributed by atoms with Crippen LogP contribution in [0.15, 0.2) is 0 Å². The lowest BCUT2D eigenvalue weighted by Crippen LogP contribution is -2.37. The lowest BCUT2D eigenvalue weighted by Gasteiger charge is -2.27. The first kappa shape index (κ1) is 7.25.